The number of esters is 1. The molecule has 1 aromatic carbocycles. The zero-order valence-electron chi connectivity index (χ0n) is 11.1. The van der Waals surface area contributed by atoms with Gasteiger partial charge in [0.05, 0.1) is 13.2 Å². The molecule has 1 heterocycles. The minimum atomic E-state index is -0.790. The van der Waals surface area contributed by atoms with Crippen LogP contribution in [-0.4, -0.2) is 42.0 Å². The van der Waals surface area contributed by atoms with Gasteiger partial charge in [-0.3, -0.25) is 4.79 Å². The maximum Gasteiger partial charge on any atom is 0.323 e. The number of carbonyl (C=O) groups excluding carboxylic acids is 1. The molecule has 2 rings (SSSR count). The summed E-state index contributed by atoms with van der Waals surface area (Å²) in [6.07, 6.45) is 1.14. The van der Waals surface area contributed by atoms with Crippen molar-refractivity contribution < 1.29 is 24.5 Å². The van der Waals surface area contributed by atoms with Crippen LogP contribution in [0.25, 0.3) is 0 Å². The van der Waals surface area contributed by atoms with Crippen LogP contribution in [0.15, 0.2) is 18.2 Å². The van der Waals surface area contributed by atoms with Crippen molar-refractivity contribution in [3.05, 3.63) is 23.8 Å². The lowest BCUT2D eigenvalue weighted by molar-refractivity contribution is -0.146. The number of phenolic OH excluding ortho intramolecular Hbond substituents is 2. The summed E-state index contributed by atoms with van der Waals surface area (Å²) in [6, 6.07) is 3.56. The molecule has 4 N–H and O–H groups in total. The summed E-state index contributed by atoms with van der Waals surface area (Å²) < 4.78 is 10.4. The van der Waals surface area contributed by atoms with E-state index in [1.165, 1.54) is 12.1 Å². The lowest BCUT2D eigenvalue weighted by Crippen LogP contribution is -2.35. The number of carbonyl (C=O) groups is 1. The Morgan fingerprint density at radius 3 is 2.90 bits per heavy atom. The van der Waals surface area contributed by atoms with Gasteiger partial charge in [-0.15, -0.1) is 0 Å². The van der Waals surface area contributed by atoms with E-state index in [0.29, 0.717) is 25.4 Å². The van der Waals surface area contributed by atoms with Gasteiger partial charge in [-0.05, 0) is 30.5 Å². The van der Waals surface area contributed by atoms with Crippen LogP contribution in [0, 0.1) is 5.92 Å². The Kier molecular flexibility index (Phi) is 4.81. The topological polar surface area (TPSA) is 102 Å². The molecule has 6 heteroatoms. The number of nitrogens with two attached hydrogens (primary N) is 1. The predicted octanol–water partition coefficient (Wildman–Crippen LogP) is 0.547. The third-order valence-corrected chi connectivity index (χ3v) is 3.28. The molecule has 1 aliphatic heterocycles. The average molecular weight is 281 g/mol. The van der Waals surface area contributed by atoms with E-state index in [0.717, 1.165) is 6.42 Å². The summed E-state index contributed by atoms with van der Waals surface area (Å²) in [5.41, 5.74) is 6.43. The summed E-state index contributed by atoms with van der Waals surface area (Å²) in [4.78, 5) is 11.8. The van der Waals surface area contributed by atoms with Crippen molar-refractivity contribution in [1.29, 1.82) is 0 Å². The standard InChI is InChI=1S/C14H19NO5/c15-11(5-9-1-2-12(16)13(17)6-9)14(18)20-8-10-3-4-19-7-10/h1-2,6,10-11,16-17H,3-5,7-8,15H2. The molecule has 20 heavy (non-hydrogen) atoms. The van der Waals surface area contributed by atoms with E-state index in [2.05, 4.69) is 0 Å². The van der Waals surface area contributed by atoms with Gasteiger partial charge >= 0.3 is 5.97 Å². The lowest BCUT2D eigenvalue weighted by Gasteiger charge is -2.14. The molecule has 2 unspecified atom stereocenters. The fourth-order valence-corrected chi connectivity index (χ4v) is 2.06. The molecule has 6 nitrogen and oxygen atoms in total. The summed E-state index contributed by atoms with van der Waals surface area (Å²) in [5, 5.41) is 18.6. The van der Waals surface area contributed by atoms with Gasteiger partial charge in [-0.2, -0.15) is 0 Å². The summed E-state index contributed by atoms with van der Waals surface area (Å²) in [6.45, 7) is 1.66. The molecule has 1 aromatic rings. The molecular weight excluding hydrogens is 262 g/mol. The molecule has 0 radical (unpaired) electrons. The van der Waals surface area contributed by atoms with E-state index in [4.69, 9.17) is 15.2 Å². The fraction of sp³-hybridized carbons (Fsp3) is 0.500. The van der Waals surface area contributed by atoms with Gasteiger partial charge in [0.15, 0.2) is 11.5 Å². The van der Waals surface area contributed by atoms with Crippen LogP contribution in [0.5, 0.6) is 11.5 Å². The minimum Gasteiger partial charge on any atom is -0.504 e. The highest BCUT2D eigenvalue weighted by molar-refractivity contribution is 5.76. The minimum absolute atomic E-state index is 0.203. The predicted molar refractivity (Wildman–Crippen MR) is 71.3 cm³/mol. The van der Waals surface area contributed by atoms with Gasteiger partial charge in [0.25, 0.3) is 0 Å². The van der Waals surface area contributed by atoms with Crippen molar-refractivity contribution >= 4 is 5.97 Å². The highest BCUT2D eigenvalue weighted by atomic mass is 16.5. The Morgan fingerprint density at radius 2 is 2.25 bits per heavy atom. The number of rotatable bonds is 5. The van der Waals surface area contributed by atoms with E-state index in [-0.39, 0.29) is 23.8 Å². The largest absolute Gasteiger partial charge is 0.504 e. The second-order valence-electron chi connectivity index (χ2n) is 4.99. The summed E-state index contributed by atoms with van der Waals surface area (Å²) >= 11 is 0. The Balaban J connectivity index is 1.81. The molecule has 0 aliphatic carbocycles. The van der Waals surface area contributed by atoms with Crippen LogP contribution >= 0.6 is 0 Å². The van der Waals surface area contributed by atoms with E-state index in [1.807, 2.05) is 0 Å². The quantitative estimate of drug-likeness (QED) is 0.538. The Morgan fingerprint density at radius 1 is 1.45 bits per heavy atom. The summed E-state index contributed by atoms with van der Waals surface area (Å²) in [7, 11) is 0. The summed E-state index contributed by atoms with van der Waals surface area (Å²) in [5.74, 6) is -0.648. The van der Waals surface area contributed by atoms with Crippen molar-refractivity contribution in [2.24, 2.45) is 11.7 Å². The van der Waals surface area contributed by atoms with Crippen LogP contribution < -0.4 is 5.73 Å². The maximum atomic E-state index is 11.8. The lowest BCUT2D eigenvalue weighted by atomic mass is 10.1. The number of aromatic hydroxyl groups is 2. The van der Waals surface area contributed by atoms with Crippen LogP contribution in [0.1, 0.15) is 12.0 Å². The SMILES string of the molecule is NC(Cc1ccc(O)c(O)c1)C(=O)OCC1CCOC1. The first-order chi connectivity index (χ1) is 9.56. The molecule has 1 fully saturated rings. The van der Waals surface area contributed by atoms with E-state index >= 15 is 0 Å². The highest BCUT2D eigenvalue weighted by Gasteiger charge is 2.21. The van der Waals surface area contributed by atoms with Gasteiger partial charge in [-0.1, -0.05) is 6.07 Å². The van der Waals surface area contributed by atoms with Crippen LogP contribution in [0.4, 0.5) is 0 Å². The molecule has 0 saturated carbocycles. The molecule has 0 aromatic heterocycles. The molecule has 0 bridgehead atoms. The first-order valence-corrected chi connectivity index (χ1v) is 6.57. The third kappa shape index (κ3) is 3.85. The van der Waals surface area contributed by atoms with Crippen LogP contribution in [0.2, 0.25) is 0 Å². The Hall–Kier alpha value is -1.79. The normalized spacial score (nSPS) is 19.8. The first-order valence-electron chi connectivity index (χ1n) is 6.57. The van der Waals surface area contributed by atoms with Crippen molar-refractivity contribution in [3.8, 4) is 11.5 Å². The van der Waals surface area contributed by atoms with E-state index < -0.39 is 12.0 Å². The molecule has 0 spiro atoms. The Bertz CT molecular complexity index is 471. The number of ether oxygens (including phenoxy) is 2. The van der Waals surface area contributed by atoms with Crippen molar-refractivity contribution in [1.82, 2.24) is 0 Å². The molecule has 1 saturated heterocycles. The molecule has 110 valence electrons. The molecule has 1 aliphatic rings. The first kappa shape index (κ1) is 14.6. The van der Waals surface area contributed by atoms with Crippen molar-refractivity contribution in [2.75, 3.05) is 19.8 Å². The zero-order valence-corrected chi connectivity index (χ0v) is 11.1. The van der Waals surface area contributed by atoms with Gasteiger partial charge in [0.2, 0.25) is 0 Å². The Labute approximate surface area is 117 Å². The van der Waals surface area contributed by atoms with E-state index in [1.54, 1.807) is 6.07 Å². The molecule has 0 amide bonds. The number of hydrogen-bond donors (Lipinski definition) is 3. The van der Waals surface area contributed by atoms with Crippen molar-refractivity contribution in [2.45, 2.75) is 18.9 Å². The number of phenols is 2. The van der Waals surface area contributed by atoms with E-state index in [9.17, 15) is 15.0 Å². The fourth-order valence-electron chi connectivity index (χ4n) is 2.06. The van der Waals surface area contributed by atoms with Gasteiger partial charge in [0.1, 0.15) is 6.04 Å². The van der Waals surface area contributed by atoms with Crippen LogP contribution in [-0.2, 0) is 20.7 Å². The maximum absolute atomic E-state index is 11.8. The molecule has 2 atom stereocenters. The van der Waals surface area contributed by atoms with Gasteiger partial charge in [-0.25, -0.2) is 0 Å². The van der Waals surface area contributed by atoms with Gasteiger partial charge in [0, 0.05) is 12.5 Å². The third-order valence-electron chi connectivity index (χ3n) is 3.28. The smallest absolute Gasteiger partial charge is 0.323 e. The van der Waals surface area contributed by atoms with Crippen LogP contribution in [0.3, 0.4) is 0 Å². The average Bonchev–Trinajstić information content (AvgIpc) is 2.93. The number of benzene rings is 1. The molecular formula is C14H19NO5. The van der Waals surface area contributed by atoms with Crippen molar-refractivity contribution in [3.63, 3.8) is 0 Å². The zero-order chi connectivity index (χ0) is 14.5. The highest BCUT2D eigenvalue weighted by Crippen LogP contribution is 2.25. The monoisotopic (exact) mass is 281 g/mol. The number of hydrogen-bond acceptors (Lipinski definition) is 6. The second-order valence-corrected chi connectivity index (χ2v) is 4.99. The second kappa shape index (κ2) is 6.58. The van der Waals surface area contributed by atoms with Gasteiger partial charge < -0.3 is 25.4 Å².